The minimum atomic E-state index is 0.141. The number of carbonyl (C=O) groups is 1. The summed E-state index contributed by atoms with van der Waals surface area (Å²) >= 11 is 3.42. The summed E-state index contributed by atoms with van der Waals surface area (Å²) in [6.45, 7) is 10.1. The Kier molecular flexibility index (Phi) is 4.99. The number of ketones is 1. The van der Waals surface area contributed by atoms with Gasteiger partial charge in [0.15, 0.2) is 5.78 Å². The highest BCUT2D eigenvalue weighted by Gasteiger charge is 2.17. The molecule has 1 aromatic rings. The van der Waals surface area contributed by atoms with Crippen molar-refractivity contribution in [1.82, 2.24) is 4.98 Å². The van der Waals surface area contributed by atoms with Gasteiger partial charge in [0.1, 0.15) is 5.01 Å². The maximum Gasteiger partial charge on any atom is 0.171 e. The van der Waals surface area contributed by atoms with E-state index < -0.39 is 0 Å². The molecule has 0 amide bonds. The van der Waals surface area contributed by atoms with Gasteiger partial charge in [-0.2, -0.15) is 11.8 Å². The Balaban J connectivity index is 2.88. The van der Waals surface area contributed by atoms with Crippen LogP contribution in [0.4, 0.5) is 0 Å². The molecule has 1 aromatic heterocycles. The molecule has 0 atom stereocenters. The zero-order chi connectivity index (χ0) is 12.3. The van der Waals surface area contributed by atoms with Crippen molar-refractivity contribution in [3.63, 3.8) is 0 Å². The quantitative estimate of drug-likeness (QED) is 0.744. The lowest BCUT2D eigenvalue weighted by Gasteiger charge is -2.02. The van der Waals surface area contributed by atoms with Crippen LogP contribution in [0.15, 0.2) is 0 Å². The van der Waals surface area contributed by atoms with Crippen LogP contribution in [0.1, 0.15) is 60.9 Å². The molecule has 16 heavy (non-hydrogen) atoms. The highest BCUT2D eigenvalue weighted by Crippen LogP contribution is 2.28. The molecule has 0 bridgehead atoms. The van der Waals surface area contributed by atoms with Crippen LogP contribution in [-0.2, 0) is 5.75 Å². The molecule has 0 aromatic carbocycles. The Bertz CT molecular complexity index is 369. The molecule has 1 rings (SSSR count). The second-order valence-electron chi connectivity index (χ2n) is 4.39. The molecule has 0 unspecified atom stereocenters. The van der Waals surface area contributed by atoms with Crippen LogP contribution in [0.2, 0.25) is 0 Å². The fourth-order valence-electron chi connectivity index (χ4n) is 1.32. The Labute approximate surface area is 106 Å². The number of thiazole rings is 1. The number of rotatable bonds is 5. The van der Waals surface area contributed by atoms with Crippen molar-refractivity contribution in [2.45, 2.75) is 51.5 Å². The van der Waals surface area contributed by atoms with Crippen LogP contribution in [0, 0.1) is 0 Å². The maximum atomic E-state index is 11.5. The summed E-state index contributed by atoms with van der Waals surface area (Å²) in [6, 6.07) is 0. The van der Waals surface area contributed by atoms with Gasteiger partial charge in [-0.25, -0.2) is 4.98 Å². The number of hydrogen-bond acceptors (Lipinski definition) is 4. The van der Waals surface area contributed by atoms with Crippen LogP contribution in [0.25, 0.3) is 0 Å². The van der Waals surface area contributed by atoms with Crippen LogP contribution in [0.3, 0.4) is 0 Å². The zero-order valence-corrected chi connectivity index (χ0v) is 12.2. The lowest BCUT2D eigenvalue weighted by atomic mass is 10.1. The first-order chi connectivity index (χ1) is 7.41. The number of Topliss-reactive ketones (excluding diaryl/α,β-unsaturated/α-hetero) is 1. The second-order valence-corrected chi connectivity index (χ2v) is 7.04. The normalized spacial score (nSPS) is 11.4. The number of thioether (sulfide) groups is 1. The molecule has 0 aliphatic heterocycles. The van der Waals surface area contributed by atoms with Crippen molar-refractivity contribution in [3.05, 3.63) is 15.6 Å². The average Bonchev–Trinajstić information content (AvgIpc) is 2.58. The first-order valence-electron chi connectivity index (χ1n) is 5.54. The summed E-state index contributed by atoms with van der Waals surface area (Å²) in [5.74, 6) is 1.38. The van der Waals surface area contributed by atoms with E-state index in [1.807, 2.05) is 11.8 Å². The monoisotopic (exact) mass is 257 g/mol. The molecular weight excluding hydrogens is 238 g/mol. The van der Waals surface area contributed by atoms with E-state index in [2.05, 4.69) is 32.7 Å². The van der Waals surface area contributed by atoms with Gasteiger partial charge in [-0.15, -0.1) is 11.3 Å². The van der Waals surface area contributed by atoms with Gasteiger partial charge < -0.3 is 0 Å². The van der Waals surface area contributed by atoms with Gasteiger partial charge in [-0.1, -0.05) is 27.7 Å². The molecule has 0 radical (unpaired) electrons. The Morgan fingerprint density at radius 3 is 2.38 bits per heavy atom. The van der Waals surface area contributed by atoms with Gasteiger partial charge in [0.25, 0.3) is 0 Å². The summed E-state index contributed by atoms with van der Waals surface area (Å²) < 4.78 is 0. The average molecular weight is 257 g/mol. The van der Waals surface area contributed by atoms with Gasteiger partial charge in [0.2, 0.25) is 0 Å². The van der Waals surface area contributed by atoms with Crippen LogP contribution >= 0.6 is 23.1 Å². The zero-order valence-electron chi connectivity index (χ0n) is 10.5. The molecule has 90 valence electrons. The SMILES string of the molecule is CC(=O)c1sc(CSC(C)C)nc1C(C)C. The summed E-state index contributed by atoms with van der Waals surface area (Å²) in [7, 11) is 0. The van der Waals surface area contributed by atoms with Gasteiger partial charge in [0, 0.05) is 12.7 Å². The van der Waals surface area contributed by atoms with E-state index in [4.69, 9.17) is 0 Å². The molecule has 0 fully saturated rings. The molecule has 0 N–H and O–H groups in total. The maximum absolute atomic E-state index is 11.5. The predicted octanol–water partition coefficient (Wildman–Crippen LogP) is 4.11. The van der Waals surface area contributed by atoms with E-state index in [0.717, 1.165) is 21.3 Å². The standard InChI is InChI=1S/C12H19NOS2/c1-7(2)11-12(9(5)14)16-10(13-11)6-15-8(3)4/h7-8H,6H2,1-5H3. The molecule has 0 aliphatic carbocycles. The van der Waals surface area contributed by atoms with Crippen LogP contribution in [-0.4, -0.2) is 16.0 Å². The topological polar surface area (TPSA) is 30.0 Å². The van der Waals surface area contributed by atoms with E-state index in [9.17, 15) is 4.79 Å². The molecular formula is C12H19NOS2. The van der Waals surface area contributed by atoms with Gasteiger partial charge in [-0.05, 0) is 11.2 Å². The smallest absolute Gasteiger partial charge is 0.171 e. The van der Waals surface area contributed by atoms with E-state index in [-0.39, 0.29) is 5.78 Å². The van der Waals surface area contributed by atoms with E-state index in [0.29, 0.717) is 11.2 Å². The summed E-state index contributed by atoms with van der Waals surface area (Å²) in [5.41, 5.74) is 0.969. The first kappa shape index (κ1) is 13.7. The molecule has 0 aliphatic rings. The third-order valence-corrected chi connectivity index (χ3v) is 4.57. The van der Waals surface area contributed by atoms with E-state index in [1.165, 1.54) is 0 Å². The number of hydrogen-bond donors (Lipinski definition) is 0. The molecule has 4 heteroatoms. The predicted molar refractivity (Wildman–Crippen MR) is 72.6 cm³/mol. The van der Waals surface area contributed by atoms with Crippen LogP contribution < -0.4 is 0 Å². The molecule has 0 saturated heterocycles. The third-order valence-electron chi connectivity index (χ3n) is 2.10. The van der Waals surface area contributed by atoms with Gasteiger partial charge in [-0.3, -0.25) is 4.79 Å². The number of carbonyl (C=O) groups excluding carboxylic acids is 1. The van der Waals surface area contributed by atoms with Crippen LogP contribution in [0.5, 0.6) is 0 Å². The van der Waals surface area contributed by atoms with E-state index >= 15 is 0 Å². The Hall–Kier alpha value is -0.350. The Morgan fingerprint density at radius 2 is 2.00 bits per heavy atom. The van der Waals surface area contributed by atoms with E-state index in [1.54, 1.807) is 18.3 Å². The molecule has 1 heterocycles. The molecule has 0 spiro atoms. The number of aromatic nitrogens is 1. The summed E-state index contributed by atoms with van der Waals surface area (Å²) in [4.78, 5) is 16.9. The fourth-order valence-corrected chi connectivity index (χ4v) is 3.21. The largest absolute Gasteiger partial charge is 0.294 e. The summed E-state index contributed by atoms with van der Waals surface area (Å²) in [5, 5.41) is 1.68. The second kappa shape index (κ2) is 5.82. The van der Waals surface area contributed by atoms with Crippen molar-refractivity contribution in [3.8, 4) is 0 Å². The third kappa shape index (κ3) is 3.59. The van der Waals surface area contributed by atoms with Crippen molar-refractivity contribution in [2.24, 2.45) is 0 Å². The molecule has 2 nitrogen and oxygen atoms in total. The van der Waals surface area contributed by atoms with Gasteiger partial charge in [0.05, 0.1) is 10.6 Å². The number of nitrogens with zero attached hydrogens (tertiary/aromatic N) is 1. The lowest BCUT2D eigenvalue weighted by molar-refractivity contribution is 0.102. The highest BCUT2D eigenvalue weighted by atomic mass is 32.2. The van der Waals surface area contributed by atoms with Crippen molar-refractivity contribution < 1.29 is 4.79 Å². The molecule has 0 saturated carbocycles. The minimum Gasteiger partial charge on any atom is -0.294 e. The minimum absolute atomic E-state index is 0.141. The lowest BCUT2D eigenvalue weighted by Crippen LogP contribution is -1.97. The van der Waals surface area contributed by atoms with Gasteiger partial charge >= 0.3 is 0 Å². The van der Waals surface area contributed by atoms with Crippen molar-refractivity contribution in [1.29, 1.82) is 0 Å². The van der Waals surface area contributed by atoms with Crippen molar-refractivity contribution >= 4 is 28.9 Å². The first-order valence-corrected chi connectivity index (χ1v) is 7.40. The highest BCUT2D eigenvalue weighted by molar-refractivity contribution is 7.99. The summed E-state index contributed by atoms with van der Waals surface area (Å²) in [6.07, 6.45) is 0. The fraction of sp³-hybridized carbons (Fsp3) is 0.667. The Morgan fingerprint density at radius 1 is 1.38 bits per heavy atom. The van der Waals surface area contributed by atoms with Crippen molar-refractivity contribution in [2.75, 3.05) is 0 Å².